The van der Waals surface area contributed by atoms with Crippen LogP contribution in [0.2, 0.25) is 0 Å². The van der Waals surface area contributed by atoms with Crippen LogP contribution in [-0.2, 0) is 0 Å². The quantitative estimate of drug-likeness (QED) is 0.582. The molecule has 28 heavy (non-hydrogen) atoms. The molecule has 0 aliphatic heterocycles. The van der Waals surface area contributed by atoms with Gasteiger partial charge in [-0.15, -0.1) is 0 Å². The Morgan fingerprint density at radius 1 is 0.857 bits per heavy atom. The molecule has 0 spiro atoms. The highest BCUT2D eigenvalue weighted by Gasteiger charge is 2.22. The molecule has 7 nitrogen and oxygen atoms in total. The molecule has 0 saturated heterocycles. The summed E-state index contributed by atoms with van der Waals surface area (Å²) in [5.74, 6) is 0.340. The molecule has 0 fully saturated rings. The number of nitrogens with one attached hydrogen (secondary N) is 3. The molecule has 1 heterocycles. The van der Waals surface area contributed by atoms with Crippen LogP contribution in [0, 0.1) is 6.92 Å². The second-order valence-corrected chi connectivity index (χ2v) is 6.64. The van der Waals surface area contributed by atoms with Gasteiger partial charge in [0.1, 0.15) is 5.56 Å². The summed E-state index contributed by atoms with van der Waals surface area (Å²) in [6.07, 6.45) is 0. The molecule has 0 aliphatic rings. The molecule has 0 aliphatic carbocycles. The number of benzene rings is 2. The summed E-state index contributed by atoms with van der Waals surface area (Å²) in [5.41, 5.74) is 2.93. The summed E-state index contributed by atoms with van der Waals surface area (Å²) in [6, 6.07) is 15.7. The highest BCUT2D eigenvalue weighted by Crippen LogP contribution is 2.23. The fraction of sp³-hybridized carbons (Fsp3) is 0.190. The molecular formula is C21H22N4O3. The number of nitrogens with zero attached hydrogens (tertiary/aromatic N) is 1. The number of carbonyl (C=O) groups excluding carboxylic acids is 2. The zero-order valence-corrected chi connectivity index (χ0v) is 15.9. The van der Waals surface area contributed by atoms with Crippen LogP contribution in [0.3, 0.4) is 0 Å². The van der Waals surface area contributed by atoms with Gasteiger partial charge in [0, 0.05) is 23.0 Å². The average Bonchev–Trinajstić information content (AvgIpc) is 3.06. The van der Waals surface area contributed by atoms with E-state index in [0.29, 0.717) is 34.1 Å². The highest BCUT2D eigenvalue weighted by molar-refractivity contribution is 6.06. The minimum atomic E-state index is -0.343. The van der Waals surface area contributed by atoms with Crippen molar-refractivity contribution in [2.75, 3.05) is 16.0 Å². The number of aryl methyl sites for hydroxylation is 1. The van der Waals surface area contributed by atoms with Gasteiger partial charge in [-0.25, -0.2) is 4.79 Å². The first-order chi connectivity index (χ1) is 13.4. The number of rotatable bonds is 5. The maximum absolute atomic E-state index is 12.6. The third-order valence-corrected chi connectivity index (χ3v) is 4.07. The van der Waals surface area contributed by atoms with Crippen LogP contribution in [0.15, 0.2) is 59.1 Å². The molecule has 0 saturated carbocycles. The Bertz CT molecular complexity index is 963. The van der Waals surface area contributed by atoms with E-state index in [1.165, 1.54) is 0 Å². The van der Waals surface area contributed by atoms with Gasteiger partial charge in [0.05, 0.1) is 5.69 Å². The standard InChI is InChI=1S/C21H22N4O3/c1-13(2)19-18(14(3)25-28-19)20(26)22-16-9-11-17(12-10-16)24-21(27)23-15-7-5-4-6-8-15/h4-13H,1-3H3,(H,22,26)(H2,23,24,27). The smallest absolute Gasteiger partial charge is 0.323 e. The van der Waals surface area contributed by atoms with E-state index < -0.39 is 0 Å². The van der Waals surface area contributed by atoms with Crippen molar-refractivity contribution < 1.29 is 14.1 Å². The van der Waals surface area contributed by atoms with Crippen molar-refractivity contribution in [3.8, 4) is 0 Å². The number of carbonyl (C=O) groups is 2. The first-order valence-corrected chi connectivity index (χ1v) is 8.94. The summed E-state index contributed by atoms with van der Waals surface area (Å²) in [7, 11) is 0. The van der Waals surface area contributed by atoms with E-state index in [9.17, 15) is 9.59 Å². The first kappa shape index (κ1) is 19.2. The Hall–Kier alpha value is -3.61. The largest absolute Gasteiger partial charge is 0.360 e. The normalized spacial score (nSPS) is 10.6. The van der Waals surface area contributed by atoms with Crippen LogP contribution < -0.4 is 16.0 Å². The molecule has 3 rings (SSSR count). The minimum Gasteiger partial charge on any atom is -0.360 e. The Morgan fingerprint density at radius 3 is 1.96 bits per heavy atom. The van der Waals surface area contributed by atoms with Crippen LogP contribution in [0.4, 0.5) is 21.9 Å². The van der Waals surface area contributed by atoms with Crippen molar-refractivity contribution in [3.05, 3.63) is 71.6 Å². The van der Waals surface area contributed by atoms with Gasteiger partial charge >= 0.3 is 6.03 Å². The Balaban J connectivity index is 1.62. The highest BCUT2D eigenvalue weighted by atomic mass is 16.5. The van der Waals surface area contributed by atoms with E-state index in [1.54, 1.807) is 43.3 Å². The van der Waals surface area contributed by atoms with Crippen LogP contribution in [0.25, 0.3) is 0 Å². The van der Waals surface area contributed by atoms with Gasteiger partial charge in [0.15, 0.2) is 5.76 Å². The molecule has 3 aromatic rings. The summed E-state index contributed by atoms with van der Waals surface area (Å²) in [5, 5.41) is 12.2. The molecule has 1 aromatic heterocycles. The number of hydrogen-bond donors (Lipinski definition) is 3. The zero-order chi connectivity index (χ0) is 20.1. The van der Waals surface area contributed by atoms with Crippen LogP contribution in [0.5, 0.6) is 0 Å². The van der Waals surface area contributed by atoms with Crippen molar-refractivity contribution >= 4 is 29.0 Å². The minimum absolute atomic E-state index is 0.0525. The third-order valence-electron chi connectivity index (χ3n) is 4.07. The van der Waals surface area contributed by atoms with Gasteiger partial charge in [0.25, 0.3) is 5.91 Å². The molecular weight excluding hydrogens is 356 g/mol. The maximum atomic E-state index is 12.6. The summed E-state index contributed by atoms with van der Waals surface area (Å²) in [6.45, 7) is 5.62. The van der Waals surface area contributed by atoms with Gasteiger partial charge in [-0.3, -0.25) is 4.79 Å². The summed E-state index contributed by atoms with van der Waals surface area (Å²) in [4.78, 5) is 24.6. The predicted molar refractivity (Wildman–Crippen MR) is 109 cm³/mol. The van der Waals surface area contributed by atoms with Crippen molar-refractivity contribution in [3.63, 3.8) is 0 Å². The van der Waals surface area contributed by atoms with E-state index in [-0.39, 0.29) is 17.9 Å². The van der Waals surface area contributed by atoms with E-state index in [0.717, 1.165) is 0 Å². The molecule has 144 valence electrons. The maximum Gasteiger partial charge on any atom is 0.323 e. The first-order valence-electron chi connectivity index (χ1n) is 8.94. The van der Waals surface area contributed by atoms with Gasteiger partial charge in [-0.1, -0.05) is 37.2 Å². The fourth-order valence-electron chi connectivity index (χ4n) is 2.70. The van der Waals surface area contributed by atoms with Crippen molar-refractivity contribution in [2.24, 2.45) is 0 Å². The topological polar surface area (TPSA) is 96.3 Å². The van der Waals surface area contributed by atoms with Crippen LogP contribution >= 0.6 is 0 Å². The molecule has 0 atom stereocenters. The van der Waals surface area contributed by atoms with Gasteiger partial charge in [-0.05, 0) is 43.3 Å². The number of urea groups is 1. The monoisotopic (exact) mass is 378 g/mol. The van der Waals surface area contributed by atoms with Crippen molar-refractivity contribution in [1.29, 1.82) is 0 Å². The van der Waals surface area contributed by atoms with Crippen LogP contribution in [-0.4, -0.2) is 17.1 Å². The lowest BCUT2D eigenvalue weighted by atomic mass is 10.0. The summed E-state index contributed by atoms with van der Waals surface area (Å²) >= 11 is 0. The third kappa shape index (κ3) is 4.56. The molecule has 3 amide bonds. The summed E-state index contributed by atoms with van der Waals surface area (Å²) < 4.78 is 5.26. The van der Waals surface area contributed by atoms with Crippen LogP contribution in [0.1, 0.15) is 41.6 Å². The fourth-order valence-corrected chi connectivity index (χ4v) is 2.70. The molecule has 3 N–H and O–H groups in total. The molecule has 7 heteroatoms. The zero-order valence-electron chi connectivity index (χ0n) is 15.9. The second-order valence-electron chi connectivity index (χ2n) is 6.64. The van der Waals surface area contributed by atoms with E-state index >= 15 is 0 Å². The number of anilines is 3. The number of para-hydroxylation sites is 1. The molecule has 2 aromatic carbocycles. The lowest BCUT2D eigenvalue weighted by molar-refractivity contribution is 0.102. The number of hydrogen-bond acceptors (Lipinski definition) is 4. The predicted octanol–water partition coefficient (Wildman–Crippen LogP) is 5.00. The van der Waals surface area contributed by atoms with Gasteiger partial charge in [-0.2, -0.15) is 0 Å². The van der Waals surface area contributed by atoms with E-state index in [2.05, 4.69) is 21.1 Å². The Morgan fingerprint density at radius 2 is 1.39 bits per heavy atom. The lowest BCUT2D eigenvalue weighted by Crippen LogP contribution is -2.19. The molecule has 0 unspecified atom stereocenters. The van der Waals surface area contributed by atoms with E-state index in [4.69, 9.17) is 4.52 Å². The van der Waals surface area contributed by atoms with E-state index in [1.807, 2.05) is 32.0 Å². The Labute approximate surface area is 163 Å². The number of amides is 3. The lowest BCUT2D eigenvalue weighted by Gasteiger charge is -2.10. The second kappa shape index (κ2) is 8.39. The van der Waals surface area contributed by atoms with Crippen molar-refractivity contribution in [2.45, 2.75) is 26.7 Å². The SMILES string of the molecule is Cc1noc(C(C)C)c1C(=O)Nc1ccc(NC(=O)Nc2ccccc2)cc1. The van der Waals surface area contributed by atoms with Gasteiger partial charge in [0.2, 0.25) is 0 Å². The van der Waals surface area contributed by atoms with Gasteiger partial charge < -0.3 is 20.5 Å². The number of aromatic nitrogens is 1. The van der Waals surface area contributed by atoms with Crippen molar-refractivity contribution in [1.82, 2.24) is 5.16 Å². The molecule has 0 bridgehead atoms. The Kier molecular flexibility index (Phi) is 5.74. The molecule has 0 radical (unpaired) electrons. The average molecular weight is 378 g/mol.